The Kier molecular flexibility index (Phi) is 6.03. The van der Waals surface area contributed by atoms with Gasteiger partial charge in [0, 0.05) is 12.1 Å². The van der Waals surface area contributed by atoms with Gasteiger partial charge in [-0.2, -0.15) is 0 Å². The number of amides is 2. The third-order valence-electron chi connectivity index (χ3n) is 4.31. The summed E-state index contributed by atoms with van der Waals surface area (Å²) >= 11 is 0. The highest BCUT2D eigenvalue weighted by molar-refractivity contribution is 5.91. The van der Waals surface area contributed by atoms with Crippen LogP contribution < -0.4 is 15.4 Å². The van der Waals surface area contributed by atoms with Gasteiger partial charge in [0.15, 0.2) is 0 Å². The Labute approximate surface area is 142 Å². The van der Waals surface area contributed by atoms with Crippen LogP contribution in [0.5, 0.6) is 5.75 Å². The molecule has 1 aliphatic rings. The highest BCUT2D eigenvalue weighted by Gasteiger charge is 2.34. The summed E-state index contributed by atoms with van der Waals surface area (Å²) in [5, 5.41) is 14.6. The molecule has 0 radical (unpaired) electrons. The Morgan fingerprint density at radius 2 is 2.08 bits per heavy atom. The van der Waals surface area contributed by atoms with Gasteiger partial charge in [-0.15, -0.1) is 0 Å². The van der Waals surface area contributed by atoms with Gasteiger partial charge in [-0.3, -0.25) is 9.69 Å². The SMILES string of the molecule is CCN(CC(=O)O)C1CC(NC(=O)Nc2cc(C)ccc2OC)C1. The lowest BCUT2D eigenvalue weighted by molar-refractivity contribution is -0.139. The summed E-state index contributed by atoms with van der Waals surface area (Å²) in [4.78, 5) is 24.9. The molecule has 0 bridgehead atoms. The first kappa shape index (κ1) is 18.1. The summed E-state index contributed by atoms with van der Waals surface area (Å²) < 4.78 is 5.24. The number of carboxylic acid groups (broad SMARTS) is 1. The van der Waals surface area contributed by atoms with E-state index in [1.807, 2.05) is 36.9 Å². The zero-order chi connectivity index (χ0) is 17.7. The van der Waals surface area contributed by atoms with Gasteiger partial charge in [0.25, 0.3) is 0 Å². The first-order valence-electron chi connectivity index (χ1n) is 8.11. The number of methoxy groups -OCH3 is 1. The molecule has 1 aromatic rings. The number of anilines is 1. The fourth-order valence-corrected chi connectivity index (χ4v) is 2.94. The molecule has 1 aromatic carbocycles. The van der Waals surface area contributed by atoms with Crippen LogP contribution in [0, 0.1) is 6.92 Å². The van der Waals surface area contributed by atoms with Crippen LogP contribution >= 0.6 is 0 Å². The summed E-state index contributed by atoms with van der Waals surface area (Å²) in [6.45, 7) is 4.62. The molecule has 0 spiro atoms. The van der Waals surface area contributed by atoms with E-state index in [2.05, 4.69) is 10.6 Å². The van der Waals surface area contributed by atoms with Crippen molar-refractivity contribution in [3.63, 3.8) is 0 Å². The molecule has 7 heteroatoms. The first-order valence-corrected chi connectivity index (χ1v) is 8.11. The van der Waals surface area contributed by atoms with Crippen LogP contribution in [0.15, 0.2) is 18.2 Å². The second-order valence-corrected chi connectivity index (χ2v) is 6.08. The van der Waals surface area contributed by atoms with Gasteiger partial charge in [0.05, 0.1) is 19.3 Å². The van der Waals surface area contributed by atoms with E-state index in [0.29, 0.717) is 18.0 Å². The topological polar surface area (TPSA) is 90.9 Å². The minimum atomic E-state index is -0.822. The lowest BCUT2D eigenvalue weighted by atomic mass is 9.85. The van der Waals surface area contributed by atoms with Crippen molar-refractivity contribution in [2.75, 3.05) is 25.5 Å². The second-order valence-electron chi connectivity index (χ2n) is 6.08. The molecule has 7 nitrogen and oxygen atoms in total. The Balaban J connectivity index is 1.83. The molecule has 132 valence electrons. The van der Waals surface area contributed by atoms with E-state index in [9.17, 15) is 9.59 Å². The molecule has 0 heterocycles. The molecule has 0 saturated heterocycles. The lowest BCUT2D eigenvalue weighted by Gasteiger charge is -2.42. The molecule has 1 saturated carbocycles. The highest BCUT2D eigenvalue weighted by atomic mass is 16.5. The number of rotatable bonds is 7. The van der Waals surface area contributed by atoms with Crippen molar-refractivity contribution in [3.05, 3.63) is 23.8 Å². The molecule has 0 atom stereocenters. The number of hydrogen-bond acceptors (Lipinski definition) is 4. The summed E-state index contributed by atoms with van der Waals surface area (Å²) in [5.74, 6) is -0.210. The summed E-state index contributed by atoms with van der Waals surface area (Å²) in [6, 6.07) is 5.59. The van der Waals surface area contributed by atoms with Crippen LogP contribution in [-0.2, 0) is 4.79 Å². The number of nitrogens with zero attached hydrogens (tertiary/aromatic N) is 1. The molecule has 1 aliphatic carbocycles. The van der Waals surface area contributed by atoms with E-state index in [1.165, 1.54) is 0 Å². The molecule has 1 fully saturated rings. The first-order chi connectivity index (χ1) is 11.4. The summed E-state index contributed by atoms with van der Waals surface area (Å²) in [7, 11) is 1.56. The maximum absolute atomic E-state index is 12.1. The number of aliphatic carboxylic acids is 1. The van der Waals surface area contributed by atoms with E-state index in [0.717, 1.165) is 18.4 Å². The van der Waals surface area contributed by atoms with Gasteiger partial charge >= 0.3 is 12.0 Å². The van der Waals surface area contributed by atoms with E-state index >= 15 is 0 Å². The van der Waals surface area contributed by atoms with Crippen LogP contribution in [0.1, 0.15) is 25.3 Å². The van der Waals surface area contributed by atoms with Gasteiger partial charge in [-0.1, -0.05) is 13.0 Å². The number of aryl methyl sites for hydroxylation is 1. The minimum Gasteiger partial charge on any atom is -0.495 e. The molecule has 2 rings (SSSR count). The van der Waals surface area contributed by atoms with E-state index in [4.69, 9.17) is 9.84 Å². The third kappa shape index (κ3) is 4.61. The van der Waals surface area contributed by atoms with Crippen LogP contribution in [-0.4, -0.2) is 54.3 Å². The Hall–Kier alpha value is -2.28. The summed E-state index contributed by atoms with van der Waals surface area (Å²) in [5.41, 5.74) is 1.66. The third-order valence-corrected chi connectivity index (χ3v) is 4.31. The van der Waals surface area contributed by atoms with Crippen LogP contribution in [0.2, 0.25) is 0 Å². The van der Waals surface area contributed by atoms with Gasteiger partial charge in [0.2, 0.25) is 0 Å². The van der Waals surface area contributed by atoms with Gasteiger partial charge in [-0.25, -0.2) is 4.79 Å². The number of urea groups is 1. The molecule has 0 aromatic heterocycles. The van der Waals surface area contributed by atoms with E-state index in [-0.39, 0.29) is 24.7 Å². The Morgan fingerprint density at radius 3 is 2.67 bits per heavy atom. The molecule has 0 aliphatic heterocycles. The number of ether oxygens (including phenoxy) is 1. The highest BCUT2D eigenvalue weighted by Crippen LogP contribution is 2.27. The number of carbonyl (C=O) groups is 2. The monoisotopic (exact) mass is 335 g/mol. The standard InChI is InChI=1S/C17H25N3O4/c1-4-20(10-16(21)22)13-8-12(9-13)18-17(23)19-14-7-11(2)5-6-15(14)24-3/h5-7,12-13H,4,8-10H2,1-3H3,(H,21,22)(H2,18,19,23). The van der Waals surface area contributed by atoms with Crippen LogP contribution in [0.4, 0.5) is 10.5 Å². The van der Waals surface area contributed by atoms with Gasteiger partial charge < -0.3 is 20.5 Å². The number of nitrogens with one attached hydrogen (secondary N) is 2. The number of likely N-dealkylation sites (N-methyl/N-ethyl adjacent to an activating group) is 1. The minimum absolute atomic E-state index is 0.0422. The van der Waals surface area contributed by atoms with E-state index < -0.39 is 5.97 Å². The molecule has 2 amide bonds. The largest absolute Gasteiger partial charge is 0.495 e. The van der Waals surface area contributed by atoms with Crippen LogP contribution in [0.25, 0.3) is 0 Å². The fourth-order valence-electron chi connectivity index (χ4n) is 2.94. The van der Waals surface area contributed by atoms with E-state index in [1.54, 1.807) is 7.11 Å². The normalized spacial score (nSPS) is 19.5. The smallest absolute Gasteiger partial charge is 0.319 e. The quantitative estimate of drug-likeness (QED) is 0.709. The molecular weight excluding hydrogens is 310 g/mol. The zero-order valence-electron chi connectivity index (χ0n) is 14.3. The maximum Gasteiger partial charge on any atom is 0.319 e. The average molecular weight is 335 g/mol. The number of carbonyl (C=O) groups excluding carboxylic acids is 1. The molecule has 24 heavy (non-hydrogen) atoms. The molecule has 0 unspecified atom stereocenters. The lowest BCUT2D eigenvalue weighted by Crippen LogP contribution is -2.55. The average Bonchev–Trinajstić information content (AvgIpc) is 2.48. The van der Waals surface area contributed by atoms with Crippen LogP contribution in [0.3, 0.4) is 0 Å². The van der Waals surface area contributed by atoms with Crippen molar-refractivity contribution in [1.29, 1.82) is 0 Å². The predicted molar refractivity (Wildman–Crippen MR) is 91.6 cm³/mol. The second kappa shape index (κ2) is 8.01. The predicted octanol–water partition coefficient (Wildman–Crippen LogP) is 2.06. The fraction of sp³-hybridized carbons (Fsp3) is 0.529. The molecular formula is C17H25N3O4. The van der Waals surface area contributed by atoms with Gasteiger partial charge in [0.1, 0.15) is 5.75 Å². The van der Waals surface area contributed by atoms with Crippen molar-refractivity contribution in [3.8, 4) is 5.75 Å². The van der Waals surface area contributed by atoms with Crippen molar-refractivity contribution < 1.29 is 19.4 Å². The van der Waals surface area contributed by atoms with Crippen molar-refractivity contribution in [1.82, 2.24) is 10.2 Å². The number of benzene rings is 1. The van der Waals surface area contributed by atoms with Crippen molar-refractivity contribution in [2.45, 2.75) is 38.8 Å². The molecule has 3 N–H and O–H groups in total. The van der Waals surface area contributed by atoms with Crippen molar-refractivity contribution in [2.24, 2.45) is 0 Å². The Bertz CT molecular complexity index is 599. The summed E-state index contributed by atoms with van der Waals surface area (Å²) in [6.07, 6.45) is 1.53. The Morgan fingerprint density at radius 1 is 1.38 bits per heavy atom. The zero-order valence-corrected chi connectivity index (χ0v) is 14.3. The maximum atomic E-state index is 12.1. The van der Waals surface area contributed by atoms with Crippen molar-refractivity contribution >= 4 is 17.7 Å². The number of carboxylic acids is 1. The number of hydrogen-bond donors (Lipinski definition) is 3. The van der Waals surface area contributed by atoms with Gasteiger partial charge in [-0.05, 0) is 44.0 Å².